The van der Waals surface area contributed by atoms with E-state index in [9.17, 15) is 0 Å². The van der Waals surface area contributed by atoms with Gasteiger partial charge in [-0.1, -0.05) is 23.4 Å². The van der Waals surface area contributed by atoms with Crippen molar-refractivity contribution in [3.63, 3.8) is 0 Å². The molecule has 0 aliphatic rings. The van der Waals surface area contributed by atoms with Crippen LogP contribution in [-0.4, -0.2) is 15.1 Å². The maximum Gasteiger partial charge on any atom is 0.137 e. The lowest BCUT2D eigenvalue weighted by molar-refractivity contribution is 0.392. The molecule has 3 rings (SSSR count). The molecule has 0 aliphatic heterocycles. The summed E-state index contributed by atoms with van der Waals surface area (Å²) in [5, 5.41) is 6.09. The van der Waals surface area contributed by atoms with E-state index in [4.69, 9.17) is 4.52 Å². The van der Waals surface area contributed by atoms with Crippen molar-refractivity contribution in [2.75, 3.05) is 0 Å². The number of hydrogen-bond donors (Lipinski definition) is 0. The molecule has 0 radical (unpaired) electrons. The molecule has 0 N–H and O–H groups in total. The van der Waals surface area contributed by atoms with E-state index in [1.165, 1.54) is 0 Å². The fourth-order valence-corrected chi connectivity index (χ4v) is 3.33. The first-order valence-corrected chi connectivity index (χ1v) is 7.41. The quantitative estimate of drug-likeness (QED) is 0.540. The highest BCUT2D eigenvalue weighted by Gasteiger charge is 2.12. The average Bonchev–Trinajstić information content (AvgIpc) is 2.75. The molecule has 0 aliphatic carbocycles. The van der Waals surface area contributed by atoms with Crippen molar-refractivity contribution in [3.8, 4) is 0 Å². The van der Waals surface area contributed by atoms with Crippen LogP contribution in [0.5, 0.6) is 0 Å². The molecule has 20 heavy (non-hydrogen) atoms. The number of para-hydroxylation sites is 1. The molecule has 2 aromatic heterocycles. The minimum absolute atomic E-state index is 0.796. The lowest BCUT2D eigenvalue weighted by Gasteiger charge is -2.06. The van der Waals surface area contributed by atoms with E-state index in [2.05, 4.69) is 21.2 Å². The fraction of sp³-hybridized carbons (Fsp3) is 0.267. The molecule has 3 aromatic rings. The third-order valence-electron chi connectivity index (χ3n) is 3.21. The predicted octanol–water partition coefficient (Wildman–Crippen LogP) is 3.84. The van der Waals surface area contributed by atoms with E-state index in [1.807, 2.05) is 39.0 Å². The maximum absolute atomic E-state index is 5.20. The van der Waals surface area contributed by atoms with Gasteiger partial charge in [0.15, 0.2) is 0 Å². The third-order valence-corrected chi connectivity index (χ3v) is 4.23. The van der Waals surface area contributed by atoms with E-state index in [-0.39, 0.29) is 0 Å². The molecule has 0 spiro atoms. The van der Waals surface area contributed by atoms with Crippen molar-refractivity contribution in [1.82, 2.24) is 15.1 Å². The molecule has 0 amide bonds. The Hall–Kier alpha value is -1.88. The summed E-state index contributed by atoms with van der Waals surface area (Å²) < 4.78 is 5.20. The summed E-state index contributed by atoms with van der Waals surface area (Å²) in [7, 11) is 0. The van der Waals surface area contributed by atoms with Gasteiger partial charge >= 0.3 is 0 Å². The smallest absolute Gasteiger partial charge is 0.137 e. The number of thioether (sulfide) groups is 1. The Morgan fingerprint density at radius 1 is 1.10 bits per heavy atom. The first kappa shape index (κ1) is 13.1. The number of fused-ring (bicyclic) bond motifs is 1. The van der Waals surface area contributed by atoms with Gasteiger partial charge in [0.1, 0.15) is 16.6 Å². The van der Waals surface area contributed by atoms with Gasteiger partial charge in [-0.25, -0.2) is 9.97 Å². The second-order valence-electron chi connectivity index (χ2n) is 4.68. The molecule has 1 aromatic carbocycles. The minimum atomic E-state index is 0.796. The summed E-state index contributed by atoms with van der Waals surface area (Å²) in [6.45, 7) is 5.83. The standard InChI is InChI=1S/C15H15N3OS/c1-9-13(10(2)19-18-9)8-20-15-12-6-4-5-7-14(12)16-11(3)17-15/h4-7H,8H2,1-3H3. The monoisotopic (exact) mass is 285 g/mol. The lowest BCUT2D eigenvalue weighted by atomic mass is 10.2. The Balaban J connectivity index is 1.95. The summed E-state index contributed by atoms with van der Waals surface area (Å²) >= 11 is 1.70. The highest BCUT2D eigenvalue weighted by molar-refractivity contribution is 7.98. The van der Waals surface area contributed by atoms with Gasteiger partial charge in [0.2, 0.25) is 0 Å². The van der Waals surface area contributed by atoms with E-state index in [0.717, 1.165) is 44.5 Å². The Kier molecular flexibility index (Phi) is 3.44. The Bertz CT molecular complexity index is 747. The van der Waals surface area contributed by atoms with Gasteiger partial charge in [0, 0.05) is 16.7 Å². The van der Waals surface area contributed by atoms with Crippen molar-refractivity contribution >= 4 is 22.7 Å². The van der Waals surface area contributed by atoms with E-state index >= 15 is 0 Å². The molecule has 0 fully saturated rings. The van der Waals surface area contributed by atoms with E-state index in [0.29, 0.717) is 0 Å². The summed E-state index contributed by atoms with van der Waals surface area (Å²) in [4.78, 5) is 9.02. The highest BCUT2D eigenvalue weighted by Crippen LogP contribution is 2.29. The molecule has 0 bridgehead atoms. The number of aryl methyl sites for hydroxylation is 3. The lowest BCUT2D eigenvalue weighted by Crippen LogP contribution is -1.93. The third kappa shape index (κ3) is 2.41. The zero-order valence-corrected chi connectivity index (χ0v) is 12.5. The zero-order valence-electron chi connectivity index (χ0n) is 11.7. The van der Waals surface area contributed by atoms with E-state index < -0.39 is 0 Å². The Morgan fingerprint density at radius 3 is 2.65 bits per heavy atom. The number of rotatable bonds is 3. The molecule has 0 unspecified atom stereocenters. The fourth-order valence-electron chi connectivity index (χ4n) is 2.12. The first-order valence-electron chi connectivity index (χ1n) is 6.43. The summed E-state index contributed by atoms with van der Waals surface area (Å²) in [5.41, 5.74) is 3.08. The highest BCUT2D eigenvalue weighted by atomic mass is 32.2. The molecule has 0 saturated heterocycles. The molecule has 4 nitrogen and oxygen atoms in total. The predicted molar refractivity (Wildman–Crippen MR) is 79.8 cm³/mol. The number of nitrogens with zero attached hydrogens (tertiary/aromatic N) is 3. The van der Waals surface area contributed by atoms with E-state index in [1.54, 1.807) is 11.8 Å². The molecule has 0 saturated carbocycles. The van der Waals surface area contributed by atoms with Crippen molar-refractivity contribution in [1.29, 1.82) is 0 Å². The van der Waals surface area contributed by atoms with Crippen molar-refractivity contribution in [2.45, 2.75) is 31.6 Å². The summed E-state index contributed by atoms with van der Waals surface area (Å²) in [5.74, 6) is 2.48. The van der Waals surface area contributed by atoms with Crippen molar-refractivity contribution < 1.29 is 4.52 Å². The van der Waals surface area contributed by atoms with Crippen molar-refractivity contribution in [2.24, 2.45) is 0 Å². The van der Waals surface area contributed by atoms with Gasteiger partial charge in [-0.05, 0) is 26.8 Å². The van der Waals surface area contributed by atoms with Crippen LogP contribution in [0.25, 0.3) is 10.9 Å². The van der Waals surface area contributed by atoms with Crippen LogP contribution in [0, 0.1) is 20.8 Å². The normalized spacial score (nSPS) is 11.2. The first-order chi connectivity index (χ1) is 9.65. The van der Waals surface area contributed by atoms with Crippen LogP contribution in [-0.2, 0) is 5.75 Å². The largest absolute Gasteiger partial charge is 0.361 e. The molecular formula is C15H15N3OS. The maximum atomic E-state index is 5.20. The number of benzene rings is 1. The molecule has 5 heteroatoms. The second kappa shape index (κ2) is 5.25. The molecule has 102 valence electrons. The van der Waals surface area contributed by atoms with Gasteiger partial charge in [-0.3, -0.25) is 0 Å². The number of aromatic nitrogens is 3. The average molecular weight is 285 g/mol. The van der Waals surface area contributed by atoms with Gasteiger partial charge < -0.3 is 4.52 Å². The van der Waals surface area contributed by atoms with Crippen LogP contribution in [0.1, 0.15) is 22.8 Å². The molecular weight excluding hydrogens is 270 g/mol. The van der Waals surface area contributed by atoms with Gasteiger partial charge in [-0.2, -0.15) is 0 Å². The zero-order chi connectivity index (χ0) is 14.1. The van der Waals surface area contributed by atoms with Gasteiger partial charge in [0.25, 0.3) is 0 Å². The SMILES string of the molecule is Cc1nc(SCc2c(C)noc2C)c2ccccc2n1. The second-order valence-corrected chi connectivity index (χ2v) is 5.65. The Morgan fingerprint density at radius 2 is 1.90 bits per heavy atom. The van der Waals surface area contributed by atoms with Crippen LogP contribution in [0.2, 0.25) is 0 Å². The number of hydrogen-bond acceptors (Lipinski definition) is 5. The minimum Gasteiger partial charge on any atom is -0.361 e. The van der Waals surface area contributed by atoms with Crippen LogP contribution in [0.3, 0.4) is 0 Å². The van der Waals surface area contributed by atoms with Crippen LogP contribution >= 0.6 is 11.8 Å². The summed E-state index contributed by atoms with van der Waals surface area (Å²) in [6, 6.07) is 8.09. The van der Waals surface area contributed by atoms with Gasteiger partial charge in [0.05, 0.1) is 11.2 Å². The van der Waals surface area contributed by atoms with Crippen LogP contribution < -0.4 is 0 Å². The Labute approximate surface area is 121 Å². The molecule has 0 atom stereocenters. The topological polar surface area (TPSA) is 51.8 Å². The van der Waals surface area contributed by atoms with Crippen molar-refractivity contribution in [3.05, 3.63) is 47.1 Å². The van der Waals surface area contributed by atoms with Crippen LogP contribution in [0.4, 0.5) is 0 Å². The molecule has 2 heterocycles. The van der Waals surface area contributed by atoms with Crippen LogP contribution in [0.15, 0.2) is 33.8 Å². The van der Waals surface area contributed by atoms with Gasteiger partial charge in [-0.15, -0.1) is 11.8 Å². The summed E-state index contributed by atoms with van der Waals surface area (Å²) in [6.07, 6.45) is 0.